The number of nitrogens with zero attached hydrogens (tertiary/aromatic N) is 2. The van der Waals surface area contributed by atoms with Gasteiger partial charge in [-0.3, -0.25) is 4.79 Å². The van der Waals surface area contributed by atoms with Gasteiger partial charge in [0, 0.05) is 17.6 Å². The topological polar surface area (TPSA) is 66.9 Å². The van der Waals surface area contributed by atoms with E-state index in [9.17, 15) is 9.18 Å². The Labute approximate surface area is 152 Å². The van der Waals surface area contributed by atoms with Crippen LogP contribution in [0.5, 0.6) is 0 Å². The standard InChI is InChI=1S/C17H11Cl2FN4O/c18-13-6-5-12(9-14(13)19)22-16(25)15-7-8-21-17(24-15)23-11-3-1-10(20)2-4-11/h1-9H,(H,22,25)(H,21,23,24). The van der Waals surface area contributed by atoms with E-state index in [1.54, 1.807) is 30.3 Å². The summed E-state index contributed by atoms with van der Waals surface area (Å²) in [6, 6.07) is 11.9. The predicted molar refractivity (Wildman–Crippen MR) is 96.1 cm³/mol. The molecule has 2 aromatic carbocycles. The molecule has 126 valence electrons. The molecular formula is C17H11Cl2FN4O. The summed E-state index contributed by atoms with van der Waals surface area (Å²) in [5.41, 5.74) is 1.25. The zero-order valence-electron chi connectivity index (χ0n) is 12.6. The molecule has 5 nitrogen and oxygen atoms in total. The van der Waals surface area contributed by atoms with Crippen LogP contribution >= 0.6 is 23.2 Å². The fourth-order valence-corrected chi connectivity index (χ4v) is 2.27. The van der Waals surface area contributed by atoms with Crippen LogP contribution in [0.4, 0.5) is 21.7 Å². The smallest absolute Gasteiger partial charge is 0.274 e. The number of hydrogen-bond acceptors (Lipinski definition) is 4. The molecule has 3 aromatic rings. The molecule has 0 aliphatic heterocycles. The van der Waals surface area contributed by atoms with E-state index >= 15 is 0 Å². The molecule has 0 aliphatic rings. The van der Waals surface area contributed by atoms with E-state index in [-0.39, 0.29) is 17.5 Å². The van der Waals surface area contributed by atoms with Gasteiger partial charge in [-0.15, -0.1) is 0 Å². The number of benzene rings is 2. The summed E-state index contributed by atoms with van der Waals surface area (Å²) in [7, 11) is 0. The Morgan fingerprint density at radius 2 is 1.68 bits per heavy atom. The number of aromatic nitrogens is 2. The van der Waals surface area contributed by atoms with E-state index in [1.165, 1.54) is 24.4 Å². The molecule has 0 saturated carbocycles. The van der Waals surface area contributed by atoms with Gasteiger partial charge in [0.05, 0.1) is 10.0 Å². The zero-order valence-corrected chi connectivity index (χ0v) is 14.1. The molecule has 2 N–H and O–H groups in total. The summed E-state index contributed by atoms with van der Waals surface area (Å²) in [5.74, 6) is -0.558. The van der Waals surface area contributed by atoms with E-state index < -0.39 is 5.91 Å². The van der Waals surface area contributed by atoms with Crippen molar-refractivity contribution in [3.63, 3.8) is 0 Å². The first-order chi connectivity index (χ1) is 12.0. The van der Waals surface area contributed by atoms with Crippen LogP contribution in [0.1, 0.15) is 10.5 Å². The average molecular weight is 377 g/mol. The first kappa shape index (κ1) is 17.1. The first-order valence-corrected chi connectivity index (χ1v) is 7.89. The Kier molecular flexibility index (Phi) is 5.11. The van der Waals surface area contributed by atoms with Gasteiger partial charge in [0.25, 0.3) is 5.91 Å². The number of hydrogen-bond donors (Lipinski definition) is 2. The van der Waals surface area contributed by atoms with Crippen molar-refractivity contribution in [3.8, 4) is 0 Å². The highest BCUT2D eigenvalue weighted by molar-refractivity contribution is 6.42. The third-order valence-corrected chi connectivity index (χ3v) is 3.91. The molecule has 0 radical (unpaired) electrons. The largest absolute Gasteiger partial charge is 0.324 e. The van der Waals surface area contributed by atoms with Crippen LogP contribution in [0.2, 0.25) is 10.0 Å². The zero-order chi connectivity index (χ0) is 17.8. The van der Waals surface area contributed by atoms with Gasteiger partial charge in [0.1, 0.15) is 11.5 Å². The van der Waals surface area contributed by atoms with Crippen molar-refractivity contribution < 1.29 is 9.18 Å². The molecule has 8 heteroatoms. The number of anilines is 3. The molecule has 3 rings (SSSR count). The van der Waals surface area contributed by atoms with Gasteiger partial charge in [0.2, 0.25) is 5.95 Å². The number of halogens is 3. The van der Waals surface area contributed by atoms with Crippen LogP contribution in [0.3, 0.4) is 0 Å². The number of nitrogens with one attached hydrogen (secondary N) is 2. The van der Waals surface area contributed by atoms with Crippen molar-refractivity contribution in [1.29, 1.82) is 0 Å². The van der Waals surface area contributed by atoms with Gasteiger partial charge >= 0.3 is 0 Å². The van der Waals surface area contributed by atoms with E-state index in [2.05, 4.69) is 20.6 Å². The van der Waals surface area contributed by atoms with Crippen molar-refractivity contribution >= 4 is 46.4 Å². The maximum atomic E-state index is 12.9. The number of amides is 1. The lowest BCUT2D eigenvalue weighted by atomic mass is 10.3. The summed E-state index contributed by atoms with van der Waals surface area (Å²) in [6.07, 6.45) is 1.45. The Bertz CT molecular complexity index is 919. The molecule has 0 bridgehead atoms. The lowest BCUT2D eigenvalue weighted by Crippen LogP contribution is -2.14. The molecule has 0 unspecified atom stereocenters. The van der Waals surface area contributed by atoms with Crippen molar-refractivity contribution in [3.05, 3.63) is 76.3 Å². The first-order valence-electron chi connectivity index (χ1n) is 7.13. The normalized spacial score (nSPS) is 10.4. The van der Waals surface area contributed by atoms with Crippen LogP contribution in [0.25, 0.3) is 0 Å². The predicted octanol–water partition coefficient (Wildman–Crippen LogP) is 4.92. The Balaban J connectivity index is 1.74. The second-order valence-electron chi connectivity index (χ2n) is 4.98. The molecule has 1 aromatic heterocycles. The van der Waals surface area contributed by atoms with E-state index in [0.29, 0.717) is 21.4 Å². The third-order valence-electron chi connectivity index (χ3n) is 3.17. The fourth-order valence-electron chi connectivity index (χ4n) is 1.98. The molecule has 25 heavy (non-hydrogen) atoms. The van der Waals surface area contributed by atoms with Gasteiger partial charge in [0.15, 0.2) is 0 Å². The summed E-state index contributed by atoms with van der Waals surface area (Å²) < 4.78 is 12.9. The third kappa shape index (κ3) is 4.43. The van der Waals surface area contributed by atoms with Gasteiger partial charge in [-0.2, -0.15) is 0 Å². The highest BCUT2D eigenvalue weighted by atomic mass is 35.5. The maximum absolute atomic E-state index is 12.9. The minimum absolute atomic E-state index is 0.158. The fraction of sp³-hybridized carbons (Fsp3) is 0. The Morgan fingerprint density at radius 3 is 2.40 bits per heavy atom. The molecule has 0 aliphatic carbocycles. The Morgan fingerprint density at radius 1 is 0.960 bits per heavy atom. The molecule has 0 spiro atoms. The van der Waals surface area contributed by atoms with Crippen molar-refractivity contribution in [2.24, 2.45) is 0 Å². The van der Waals surface area contributed by atoms with Crippen LogP contribution < -0.4 is 10.6 Å². The minimum atomic E-state index is -0.428. The summed E-state index contributed by atoms with van der Waals surface area (Å²) >= 11 is 11.8. The lowest BCUT2D eigenvalue weighted by molar-refractivity contribution is 0.102. The van der Waals surface area contributed by atoms with Crippen molar-refractivity contribution in [1.82, 2.24) is 9.97 Å². The highest BCUT2D eigenvalue weighted by Crippen LogP contribution is 2.25. The van der Waals surface area contributed by atoms with Gasteiger partial charge in [-0.1, -0.05) is 23.2 Å². The summed E-state index contributed by atoms with van der Waals surface area (Å²) in [5, 5.41) is 6.30. The van der Waals surface area contributed by atoms with Gasteiger partial charge in [-0.25, -0.2) is 14.4 Å². The number of carbonyl (C=O) groups excluding carboxylic acids is 1. The van der Waals surface area contributed by atoms with Crippen molar-refractivity contribution in [2.75, 3.05) is 10.6 Å². The van der Waals surface area contributed by atoms with E-state index in [0.717, 1.165) is 0 Å². The van der Waals surface area contributed by atoms with Crippen LogP contribution in [-0.4, -0.2) is 15.9 Å². The summed E-state index contributed by atoms with van der Waals surface area (Å²) in [6.45, 7) is 0. The number of rotatable bonds is 4. The number of carbonyl (C=O) groups is 1. The second kappa shape index (κ2) is 7.46. The van der Waals surface area contributed by atoms with Crippen LogP contribution in [-0.2, 0) is 0 Å². The quantitative estimate of drug-likeness (QED) is 0.678. The maximum Gasteiger partial charge on any atom is 0.274 e. The summed E-state index contributed by atoms with van der Waals surface area (Å²) in [4.78, 5) is 20.5. The van der Waals surface area contributed by atoms with Gasteiger partial charge < -0.3 is 10.6 Å². The SMILES string of the molecule is O=C(Nc1ccc(Cl)c(Cl)c1)c1ccnc(Nc2ccc(F)cc2)n1. The van der Waals surface area contributed by atoms with Crippen LogP contribution in [0, 0.1) is 5.82 Å². The van der Waals surface area contributed by atoms with E-state index in [1.807, 2.05) is 0 Å². The monoisotopic (exact) mass is 376 g/mol. The Hall–Kier alpha value is -2.70. The highest BCUT2D eigenvalue weighted by Gasteiger charge is 2.10. The molecule has 1 amide bonds. The van der Waals surface area contributed by atoms with Gasteiger partial charge in [-0.05, 0) is 48.5 Å². The molecule has 0 atom stereocenters. The van der Waals surface area contributed by atoms with Crippen molar-refractivity contribution in [2.45, 2.75) is 0 Å². The molecule has 0 fully saturated rings. The minimum Gasteiger partial charge on any atom is -0.324 e. The second-order valence-corrected chi connectivity index (χ2v) is 5.79. The molecule has 1 heterocycles. The van der Waals surface area contributed by atoms with Crippen LogP contribution in [0.15, 0.2) is 54.7 Å². The molecular weight excluding hydrogens is 366 g/mol. The average Bonchev–Trinajstić information content (AvgIpc) is 2.60. The van der Waals surface area contributed by atoms with E-state index in [4.69, 9.17) is 23.2 Å². The molecule has 0 saturated heterocycles. The lowest BCUT2D eigenvalue weighted by Gasteiger charge is -2.08.